The van der Waals surface area contributed by atoms with Crippen LogP contribution in [0.3, 0.4) is 0 Å². The fraction of sp³-hybridized carbons (Fsp3) is 0.267. The molecule has 2 heterocycles. The standard InChI is InChI=1S/C30H35N5O/c1-5-6-10-25-17-27(14-13-21(25)2)33-30-31-18-22(3)29(34-30)35-16-15-26(19-35)23(4)32-28(20-36)24-11-8-7-9-12-24/h7-9,11-19,28,32,36H,4-6,10,20H2,1-3H3,(H,31,33,34). The van der Waals surface area contributed by atoms with Crippen LogP contribution in [-0.2, 0) is 6.42 Å². The molecule has 6 heteroatoms. The predicted octanol–water partition coefficient (Wildman–Crippen LogP) is 6.26. The van der Waals surface area contributed by atoms with Crippen LogP contribution in [0.1, 0.15) is 53.6 Å². The highest BCUT2D eigenvalue weighted by atomic mass is 16.3. The highest BCUT2D eigenvalue weighted by molar-refractivity contribution is 5.63. The van der Waals surface area contributed by atoms with Crippen molar-refractivity contribution in [1.82, 2.24) is 19.9 Å². The van der Waals surface area contributed by atoms with Crippen LogP contribution in [0.2, 0.25) is 0 Å². The van der Waals surface area contributed by atoms with Gasteiger partial charge in [-0.25, -0.2) is 4.98 Å². The summed E-state index contributed by atoms with van der Waals surface area (Å²) in [6.07, 6.45) is 9.21. The second-order valence-corrected chi connectivity index (χ2v) is 9.15. The normalized spacial score (nSPS) is 11.8. The van der Waals surface area contributed by atoms with Gasteiger partial charge in [-0.3, -0.25) is 0 Å². The highest BCUT2D eigenvalue weighted by Gasteiger charge is 2.13. The number of aliphatic hydroxyl groups excluding tert-OH is 1. The Morgan fingerprint density at radius 1 is 1.08 bits per heavy atom. The molecular weight excluding hydrogens is 446 g/mol. The molecule has 0 aliphatic carbocycles. The Labute approximate surface area is 213 Å². The van der Waals surface area contributed by atoms with Crippen LogP contribution in [0.25, 0.3) is 11.5 Å². The van der Waals surface area contributed by atoms with Gasteiger partial charge in [-0.15, -0.1) is 0 Å². The number of nitrogens with zero attached hydrogens (tertiary/aromatic N) is 3. The number of benzene rings is 2. The number of anilines is 2. The molecule has 0 spiro atoms. The Bertz CT molecular complexity index is 1310. The number of hydrogen-bond donors (Lipinski definition) is 3. The largest absolute Gasteiger partial charge is 0.394 e. The highest BCUT2D eigenvalue weighted by Crippen LogP contribution is 2.23. The van der Waals surface area contributed by atoms with E-state index < -0.39 is 0 Å². The van der Waals surface area contributed by atoms with Gasteiger partial charge < -0.3 is 20.3 Å². The molecule has 0 bridgehead atoms. The molecule has 2 aromatic carbocycles. The summed E-state index contributed by atoms with van der Waals surface area (Å²) >= 11 is 0. The molecule has 0 aliphatic rings. The van der Waals surface area contributed by atoms with E-state index in [0.29, 0.717) is 5.95 Å². The zero-order chi connectivity index (χ0) is 25.5. The van der Waals surface area contributed by atoms with Crippen molar-refractivity contribution in [2.75, 3.05) is 11.9 Å². The van der Waals surface area contributed by atoms with E-state index in [0.717, 1.165) is 40.3 Å². The van der Waals surface area contributed by atoms with E-state index >= 15 is 0 Å². The molecule has 0 fully saturated rings. The van der Waals surface area contributed by atoms with E-state index in [4.69, 9.17) is 4.98 Å². The third kappa shape index (κ3) is 6.01. The monoisotopic (exact) mass is 481 g/mol. The van der Waals surface area contributed by atoms with E-state index in [1.54, 1.807) is 0 Å². The Morgan fingerprint density at radius 2 is 1.89 bits per heavy atom. The van der Waals surface area contributed by atoms with Crippen molar-refractivity contribution in [2.24, 2.45) is 0 Å². The number of rotatable bonds is 11. The van der Waals surface area contributed by atoms with Crippen molar-refractivity contribution in [1.29, 1.82) is 0 Å². The van der Waals surface area contributed by atoms with Crippen molar-refractivity contribution >= 4 is 17.3 Å². The molecule has 0 aliphatic heterocycles. The van der Waals surface area contributed by atoms with Gasteiger partial charge in [0.25, 0.3) is 0 Å². The minimum absolute atomic E-state index is 0.0248. The maximum absolute atomic E-state index is 9.89. The molecule has 3 N–H and O–H groups in total. The fourth-order valence-corrected chi connectivity index (χ4v) is 4.19. The summed E-state index contributed by atoms with van der Waals surface area (Å²) in [4.78, 5) is 9.31. The van der Waals surface area contributed by atoms with Crippen molar-refractivity contribution in [2.45, 2.75) is 46.1 Å². The quantitative estimate of drug-likeness (QED) is 0.236. The van der Waals surface area contributed by atoms with Gasteiger partial charge in [0.15, 0.2) is 0 Å². The molecule has 0 amide bonds. The molecule has 4 rings (SSSR count). The van der Waals surface area contributed by atoms with E-state index in [1.807, 2.05) is 66.5 Å². The molecule has 1 atom stereocenters. The van der Waals surface area contributed by atoms with E-state index in [9.17, 15) is 5.11 Å². The lowest BCUT2D eigenvalue weighted by molar-refractivity contribution is 0.256. The molecule has 186 valence electrons. The van der Waals surface area contributed by atoms with Gasteiger partial charge in [-0.05, 0) is 61.6 Å². The SMILES string of the molecule is C=C(NC(CO)c1ccccc1)c1ccn(-c2nc(Nc3ccc(C)c(CCCC)c3)ncc2C)c1. The van der Waals surface area contributed by atoms with E-state index in [2.05, 4.69) is 54.2 Å². The number of unbranched alkanes of at least 4 members (excludes halogenated alkanes) is 1. The van der Waals surface area contributed by atoms with Crippen LogP contribution in [0, 0.1) is 13.8 Å². The lowest BCUT2D eigenvalue weighted by atomic mass is 10.0. The van der Waals surface area contributed by atoms with Crippen molar-refractivity contribution in [3.05, 3.63) is 108 Å². The van der Waals surface area contributed by atoms with Gasteiger partial charge in [0.2, 0.25) is 5.95 Å². The van der Waals surface area contributed by atoms with Crippen molar-refractivity contribution < 1.29 is 5.11 Å². The first-order chi connectivity index (χ1) is 17.5. The third-order valence-corrected chi connectivity index (χ3v) is 6.37. The molecule has 6 nitrogen and oxygen atoms in total. The van der Waals surface area contributed by atoms with Crippen molar-refractivity contribution in [3.63, 3.8) is 0 Å². The number of aryl methyl sites for hydroxylation is 3. The van der Waals surface area contributed by atoms with Crippen LogP contribution in [0.4, 0.5) is 11.6 Å². The summed E-state index contributed by atoms with van der Waals surface area (Å²) in [5, 5.41) is 16.6. The van der Waals surface area contributed by atoms with Gasteiger partial charge in [0.05, 0.1) is 12.6 Å². The molecule has 4 aromatic rings. The third-order valence-electron chi connectivity index (χ3n) is 6.37. The average Bonchev–Trinajstić information content (AvgIpc) is 3.39. The average molecular weight is 482 g/mol. The lowest BCUT2D eigenvalue weighted by Gasteiger charge is -2.19. The number of nitrogens with one attached hydrogen (secondary N) is 2. The predicted molar refractivity (Wildman–Crippen MR) is 148 cm³/mol. The number of aliphatic hydroxyl groups is 1. The first-order valence-corrected chi connectivity index (χ1v) is 12.5. The van der Waals surface area contributed by atoms with Crippen molar-refractivity contribution in [3.8, 4) is 5.82 Å². The Morgan fingerprint density at radius 3 is 2.64 bits per heavy atom. The molecule has 0 saturated carbocycles. The summed E-state index contributed by atoms with van der Waals surface area (Å²) in [7, 11) is 0. The van der Waals surface area contributed by atoms with Gasteiger partial charge in [0, 0.05) is 41.1 Å². The van der Waals surface area contributed by atoms with Crippen LogP contribution in [0.15, 0.2) is 79.8 Å². The van der Waals surface area contributed by atoms with Crippen LogP contribution in [0.5, 0.6) is 0 Å². The summed E-state index contributed by atoms with van der Waals surface area (Å²) in [6.45, 7) is 10.5. The summed E-state index contributed by atoms with van der Waals surface area (Å²) in [6, 6.07) is 18.1. The van der Waals surface area contributed by atoms with Crippen LogP contribution < -0.4 is 10.6 Å². The van der Waals surface area contributed by atoms with E-state index in [-0.39, 0.29) is 12.6 Å². The second kappa shape index (κ2) is 11.7. The van der Waals surface area contributed by atoms with Gasteiger partial charge >= 0.3 is 0 Å². The summed E-state index contributed by atoms with van der Waals surface area (Å²) in [5.41, 5.74) is 7.29. The first-order valence-electron chi connectivity index (χ1n) is 12.5. The number of aromatic nitrogens is 3. The molecule has 0 radical (unpaired) electrons. The number of hydrogen-bond acceptors (Lipinski definition) is 5. The molecule has 36 heavy (non-hydrogen) atoms. The summed E-state index contributed by atoms with van der Waals surface area (Å²) in [5.74, 6) is 1.35. The fourth-order valence-electron chi connectivity index (χ4n) is 4.19. The second-order valence-electron chi connectivity index (χ2n) is 9.15. The van der Waals surface area contributed by atoms with Gasteiger partial charge in [-0.1, -0.05) is 56.3 Å². The Balaban J connectivity index is 1.51. The maximum Gasteiger partial charge on any atom is 0.229 e. The zero-order valence-corrected chi connectivity index (χ0v) is 21.3. The molecular formula is C30H35N5O. The van der Waals surface area contributed by atoms with Gasteiger partial charge in [0.1, 0.15) is 5.82 Å². The topological polar surface area (TPSA) is 75.0 Å². The molecule has 0 saturated heterocycles. The Hall–Kier alpha value is -3.90. The minimum atomic E-state index is -0.227. The molecule has 1 unspecified atom stereocenters. The van der Waals surface area contributed by atoms with Gasteiger partial charge in [-0.2, -0.15) is 4.98 Å². The smallest absolute Gasteiger partial charge is 0.229 e. The van der Waals surface area contributed by atoms with E-state index in [1.165, 1.54) is 24.0 Å². The van der Waals surface area contributed by atoms with Crippen LogP contribution >= 0.6 is 0 Å². The Kier molecular flexibility index (Phi) is 8.18. The zero-order valence-electron chi connectivity index (χ0n) is 21.3. The van der Waals surface area contributed by atoms with Crippen LogP contribution in [-0.4, -0.2) is 26.2 Å². The molecule has 2 aromatic heterocycles. The summed E-state index contributed by atoms with van der Waals surface area (Å²) < 4.78 is 1.97. The lowest BCUT2D eigenvalue weighted by Crippen LogP contribution is -2.22. The maximum atomic E-state index is 9.89. The minimum Gasteiger partial charge on any atom is -0.394 e. The first kappa shape index (κ1) is 25.2.